The number of benzene rings is 2. The fourth-order valence-electron chi connectivity index (χ4n) is 3.08. The zero-order chi connectivity index (χ0) is 22.3. The van der Waals surface area contributed by atoms with Crippen LogP contribution in [-0.2, 0) is 0 Å². The van der Waals surface area contributed by atoms with Crippen molar-refractivity contribution >= 4 is 12.2 Å². The summed E-state index contributed by atoms with van der Waals surface area (Å²) < 4.78 is 0. The van der Waals surface area contributed by atoms with Gasteiger partial charge in [0.25, 0.3) is 5.56 Å². The first-order valence-corrected chi connectivity index (χ1v) is 9.54. The number of hydrogen-bond acceptors (Lipinski definition) is 7. The predicted molar refractivity (Wildman–Crippen MR) is 121 cm³/mol. The Bertz CT molecular complexity index is 1430. The SMILES string of the molecule is N#Cc1ncccc1-c1ccc(C=NNc2nc(-c3ccccc3)c(C#N)c(=O)[nH]2)cc1. The molecule has 0 unspecified atom stereocenters. The molecule has 8 nitrogen and oxygen atoms in total. The maximum atomic E-state index is 12.3. The lowest BCUT2D eigenvalue weighted by molar-refractivity contribution is 1.08. The van der Waals surface area contributed by atoms with Crippen molar-refractivity contribution in [3.8, 4) is 34.5 Å². The number of pyridine rings is 1. The van der Waals surface area contributed by atoms with Crippen LogP contribution in [0.3, 0.4) is 0 Å². The van der Waals surface area contributed by atoms with Crippen molar-refractivity contribution in [1.29, 1.82) is 10.5 Å². The Morgan fingerprint density at radius 1 is 0.938 bits per heavy atom. The highest BCUT2D eigenvalue weighted by Gasteiger charge is 2.12. The molecule has 32 heavy (non-hydrogen) atoms. The number of aromatic nitrogens is 3. The minimum Gasteiger partial charge on any atom is -0.290 e. The van der Waals surface area contributed by atoms with E-state index in [1.165, 1.54) is 0 Å². The highest BCUT2D eigenvalue weighted by Crippen LogP contribution is 2.22. The Labute approximate surface area is 183 Å². The van der Waals surface area contributed by atoms with Gasteiger partial charge in [-0.05, 0) is 23.3 Å². The average molecular weight is 417 g/mol. The van der Waals surface area contributed by atoms with Crippen molar-refractivity contribution in [1.82, 2.24) is 15.0 Å². The van der Waals surface area contributed by atoms with Crippen LogP contribution in [-0.4, -0.2) is 21.2 Å². The fraction of sp³-hybridized carbons (Fsp3) is 0. The van der Waals surface area contributed by atoms with Gasteiger partial charge in [0.15, 0.2) is 0 Å². The number of aromatic amines is 1. The van der Waals surface area contributed by atoms with Crippen LogP contribution in [0.5, 0.6) is 0 Å². The number of nitrogens with zero attached hydrogens (tertiary/aromatic N) is 5. The predicted octanol–water partition coefficient (Wildman–Crippen LogP) is 3.69. The molecule has 0 atom stereocenters. The van der Waals surface area contributed by atoms with Gasteiger partial charge in [-0.2, -0.15) is 15.6 Å². The summed E-state index contributed by atoms with van der Waals surface area (Å²) in [7, 11) is 0. The summed E-state index contributed by atoms with van der Waals surface area (Å²) in [6, 6.07) is 24.0. The van der Waals surface area contributed by atoms with E-state index in [9.17, 15) is 15.3 Å². The van der Waals surface area contributed by atoms with Crippen LogP contribution in [0.25, 0.3) is 22.4 Å². The molecule has 0 amide bonds. The average Bonchev–Trinajstić information content (AvgIpc) is 2.84. The summed E-state index contributed by atoms with van der Waals surface area (Å²) in [4.78, 5) is 23.2. The maximum Gasteiger partial charge on any atom is 0.270 e. The molecule has 2 heterocycles. The number of anilines is 1. The van der Waals surface area contributed by atoms with E-state index in [4.69, 9.17) is 0 Å². The minimum atomic E-state index is -0.548. The fourth-order valence-corrected chi connectivity index (χ4v) is 3.08. The molecule has 2 aromatic carbocycles. The van der Waals surface area contributed by atoms with Gasteiger partial charge in [-0.3, -0.25) is 9.78 Å². The number of hydrogen-bond donors (Lipinski definition) is 2. The molecular weight excluding hydrogens is 402 g/mol. The van der Waals surface area contributed by atoms with Gasteiger partial charge in [-0.25, -0.2) is 15.4 Å². The molecule has 0 aliphatic rings. The van der Waals surface area contributed by atoms with Gasteiger partial charge in [-0.1, -0.05) is 54.6 Å². The van der Waals surface area contributed by atoms with Crippen LogP contribution >= 0.6 is 0 Å². The largest absolute Gasteiger partial charge is 0.290 e. The third kappa shape index (κ3) is 4.25. The van der Waals surface area contributed by atoms with Crippen LogP contribution in [0.2, 0.25) is 0 Å². The highest BCUT2D eigenvalue weighted by molar-refractivity contribution is 5.82. The standard InChI is InChI=1S/C24H15N7O/c25-13-20-22(18-5-2-1-3-6-18)29-24(30-23(20)32)31-28-15-16-8-10-17(11-9-16)19-7-4-12-27-21(19)14-26/h1-12,15H,(H2,29,30,31,32). The second kappa shape index (κ2) is 9.16. The number of hydrazone groups is 1. The molecule has 2 aromatic heterocycles. The van der Waals surface area contributed by atoms with E-state index in [0.717, 1.165) is 16.7 Å². The summed E-state index contributed by atoms with van der Waals surface area (Å²) in [6.07, 6.45) is 3.15. The smallest absolute Gasteiger partial charge is 0.270 e. The molecule has 0 radical (unpaired) electrons. The van der Waals surface area contributed by atoms with E-state index in [0.29, 0.717) is 11.3 Å². The Morgan fingerprint density at radius 2 is 1.72 bits per heavy atom. The van der Waals surface area contributed by atoms with E-state index in [1.807, 2.05) is 42.5 Å². The van der Waals surface area contributed by atoms with Crippen molar-refractivity contribution in [2.45, 2.75) is 0 Å². The van der Waals surface area contributed by atoms with Crippen molar-refractivity contribution in [3.63, 3.8) is 0 Å². The van der Waals surface area contributed by atoms with Gasteiger partial charge in [0.1, 0.15) is 23.4 Å². The number of rotatable bonds is 5. The maximum absolute atomic E-state index is 12.3. The first-order chi connectivity index (χ1) is 15.7. The molecule has 4 aromatic rings. The zero-order valence-corrected chi connectivity index (χ0v) is 16.6. The van der Waals surface area contributed by atoms with Gasteiger partial charge in [0.05, 0.1) is 11.9 Å². The Kier molecular flexibility index (Phi) is 5.78. The van der Waals surface area contributed by atoms with Gasteiger partial charge >= 0.3 is 0 Å². The molecule has 2 N–H and O–H groups in total. The van der Waals surface area contributed by atoms with Crippen LogP contribution in [0.1, 0.15) is 16.8 Å². The second-order valence-corrected chi connectivity index (χ2v) is 6.62. The zero-order valence-electron chi connectivity index (χ0n) is 16.6. The first-order valence-electron chi connectivity index (χ1n) is 9.54. The van der Waals surface area contributed by atoms with Crippen molar-refractivity contribution < 1.29 is 0 Å². The van der Waals surface area contributed by atoms with E-state index in [1.54, 1.807) is 42.7 Å². The van der Waals surface area contributed by atoms with Gasteiger partial charge in [0, 0.05) is 17.3 Å². The molecule has 0 saturated carbocycles. The Balaban J connectivity index is 1.55. The highest BCUT2D eigenvalue weighted by atomic mass is 16.1. The monoisotopic (exact) mass is 417 g/mol. The summed E-state index contributed by atoms with van der Waals surface area (Å²) in [5.74, 6) is 0.120. The quantitative estimate of drug-likeness (QED) is 0.376. The van der Waals surface area contributed by atoms with Crippen LogP contribution in [0.4, 0.5) is 5.95 Å². The van der Waals surface area contributed by atoms with E-state index in [2.05, 4.69) is 31.5 Å². The topological polar surface area (TPSA) is 131 Å². The molecule has 8 heteroatoms. The molecule has 0 fully saturated rings. The van der Waals surface area contributed by atoms with Gasteiger partial charge in [0.2, 0.25) is 5.95 Å². The molecule has 0 aliphatic carbocycles. The minimum absolute atomic E-state index is 0.0616. The third-order valence-corrected chi connectivity index (χ3v) is 4.60. The van der Waals surface area contributed by atoms with Crippen molar-refractivity contribution in [3.05, 3.63) is 100 Å². The van der Waals surface area contributed by atoms with E-state index >= 15 is 0 Å². The van der Waals surface area contributed by atoms with Gasteiger partial charge < -0.3 is 0 Å². The molecule has 4 rings (SSSR count). The molecule has 152 valence electrons. The molecule has 0 saturated heterocycles. The number of nitrogens with one attached hydrogen (secondary N) is 2. The number of H-pyrrole nitrogens is 1. The van der Waals surface area contributed by atoms with E-state index < -0.39 is 5.56 Å². The molecule has 0 aliphatic heterocycles. The summed E-state index contributed by atoms with van der Waals surface area (Å²) in [5.41, 5.74) is 5.81. The van der Waals surface area contributed by atoms with E-state index in [-0.39, 0.29) is 17.2 Å². The second-order valence-electron chi connectivity index (χ2n) is 6.62. The molecular formula is C24H15N7O. The molecule has 0 spiro atoms. The Morgan fingerprint density at radius 3 is 2.44 bits per heavy atom. The lowest BCUT2D eigenvalue weighted by Gasteiger charge is -2.06. The summed E-state index contributed by atoms with van der Waals surface area (Å²) in [5, 5.41) is 22.7. The lowest BCUT2D eigenvalue weighted by atomic mass is 10.0. The lowest BCUT2D eigenvalue weighted by Crippen LogP contribution is -2.16. The summed E-state index contributed by atoms with van der Waals surface area (Å²) in [6.45, 7) is 0. The summed E-state index contributed by atoms with van der Waals surface area (Å²) >= 11 is 0. The third-order valence-electron chi connectivity index (χ3n) is 4.60. The van der Waals surface area contributed by atoms with Crippen LogP contribution in [0, 0.1) is 22.7 Å². The first kappa shape index (κ1) is 20.2. The van der Waals surface area contributed by atoms with Crippen molar-refractivity contribution in [2.75, 3.05) is 5.43 Å². The molecule has 0 bridgehead atoms. The van der Waals surface area contributed by atoms with Crippen molar-refractivity contribution in [2.24, 2.45) is 5.10 Å². The van der Waals surface area contributed by atoms with Gasteiger partial charge in [-0.15, -0.1) is 0 Å². The normalized spacial score (nSPS) is 10.4. The number of nitriles is 2. The van der Waals surface area contributed by atoms with Crippen LogP contribution in [0.15, 0.2) is 82.8 Å². The Hall–Kier alpha value is -5.08. The van der Waals surface area contributed by atoms with Crippen LogP contribution < -0.4 is 11.0 Å².